The highest BCUT2D eigenvalue weighted by molar-refractivity contribution is 5.54. The normalized spacial score (nSPS) is 20.3. The first-order valence-corrected chi connectivity index (χ1v) is 9.34. The third-order valence-corrected chi connectivity index (χ3v) is 5.05. The maximum absolute atomic E-state index is 5.75. The molecule has 134 valence electrons. The predicted molar refractivity (Wildman–Crippen MR) is 102 cm³/mol. The first-order valence-electron chi connectivity index (χ1n) is 9.34. The van der Waals surface area contributed by atoms with Crippen molar-refractivity contribution in [3.8, 4) is 11.5 Å². The quantitative estimate of drug-likeness (QED) is 0.686. The Morgan fingerprint density at radius 2 is 2.12 bits per heavy atom. The van der Waals surface area contributed by atoms with Gasteiger partial charge < -0.3 is 9.32 Å². The Balaban J connectivity index is 1.75. The fraction of sp³-hybridized carbons (Fsp3) is 0.381. The van der Waals surface area contributed by atoms with Crippen LogP contribution in [-0.2, 0) is 6.42 Å². The molecule has 0 aromatic carbocycles. The maximum Gasteiger partial charge on any atom is 0.180 e. The van der Waals surface area contributed by atoms with Crippen molar-refractivity contribution in [2.75, 3.05) is 11.4 Å². The minimum absolute atomic E-state index is 0.213. The molecule has 2 atom stereocenters. The van der Waals surface area contributed by atoms with Crippen LogP contribution in [0.3, 0.4) is 0 Å². The van der Waals surface area contributed by atoms with E-state index in [1.165, 1.54) is 0 Å². The van der Waals surface area contributed by atoms with E-state index in [1.807, 2.05) is 24.3 Å². The lowest BCUT2D eigenvalue weighted by atomic mass is 9.91. The van der Waals surface area contributed by atoms with E-state index in [-0.39, 0.29) is 6.04 Å². The van der Waals surface area contributed by atoms with E-state index in [9.17, 15) is 0 Å². The van der Waals surface area contributed by atoms with Crippen LogP contribution in [-0.4, -0.2) is 21.5 Å². The molecule has 5 heteroatoms. The van der Waals surface area contributed by atoms with Gasteiger partial charge in [-0.2, -0.15) is 0 Å². The van der Waals surface area contributed by atoms with Crippen LogP contribution in [0, 0.1) is 5.92 Å². The van der Waals surface area contributed by atoms with Crippen molar-refractivity contribution in [2.24, 2.45) is 5.92 Å². The van der Waals surface area contributed by atoms with Crippen molar-refractivity contribution in [3.05, 3.63) is 60.3 Å². The van der Waals surface area contributed by atoms with Gasteiger partial charge in [-0.15, -0.1) is 0 Å². The number of hydrogen-bond acceptors (Lipinski definition) is 5. The number of hydrogen-bond donors (Lipinski definition) is 0. The van der Waals surface area contributed by atoms with Crippen LogP contribution in [0.25, 0.3) is 11.5 Å². The predicted octanol–water partition coefficient (Wildman–Crippen LogP) is 4.67. The van der Waals surface area contributed by atoms with Gasteiger partial charge in [-0.25, -0.2) is 9.97 Å². The van der Waals surface area contributed by atoms with Gasteiger partial charge in [-0.05, 0) is 49.4 Å². The molecule has 0 amide bonds. The van der Waals surface area contributed by atoms with Gasteiger partial charge in [0.25, 0.3) is 0 Å². The zero-order chi connectivity index (χ0) is 17.9. The average molecular weight is 348 g/mol. The third-order valence-electron chi connectivity index (χ3n) is 5.05. The minimum Gasteiger partial charge on any atom is -0.467 e. The van der Waals surface area contributed by atoms with Crippen LogP contribution in [0.2, 0.25) is 0 Å². The number of anilines is 1. The Morgan fingerprint density at radius 3 is 2.85 bits per heavy atom. The number of pyridine rings is 1. The number of piperidine rings is 1. The number of rotatable bonds is 4. The summed E-state index contributed by atoms with van der Waals surface area (Å²) >= 11 is 0. The summed E-state index contributed by atoms with van der Waals surface area (Å²) in [6, 6.07) is 12.2. The molecule has 1 fully saturated rings. The fourth-order valence-corrected chi connectivity index (χ4v) is 3.59. The molecule has 0 N–H and O–H groups in total. The molecule has 0 aliphatic carbocycles. The monoisotopic (exact) mass is 348 g/mol. The number of nitrogens with zero attached hydrogens (tertiary/aromatic N) is 4. The van der Waals surface area contributed by atoms with Crippen molar-refractivity contribution in [2.45, 2.75) is 39.2 Å². The summed E-state index contributed by atoms with van der Waals surface area (Å²) in [7, 11) is 0. The summed E-state index contributed by atoms with van der Waals surface area (Å²) in [6.07, 6.45) is 6.62. The number of aryl methyl sites for hydroxylation is 1. The van der Waals surface area contributed by atoms with Crippen LogP contribution < -0.4 is 4.90 Å². The number of furan rings is 1. The Kier molecular flexibility index (Phi) is 4.69. The summed E-state index contributed by atoms with van der Waals surface area (Å²) in [5.74, 6) is 3.33. The van der Waals surface area contributed by atoms with Crippen LogP contribution in [0.4, 0.5) is 5.82 Å². The van der Waals surface area contributed by atoms with Crippen LogP contribution >= 0.6 is 0 Å². The smallest absolute Gasteiger partial charge is 0.180 e. The lowest BCUT2D eigenvalue weighted by Crippen LogP contribution is -2.36. The highest BCUT2D eigenvalue weighted by Crippen LogP contribution is 2.37. The lowest BCUT2D eigenvalue weighted by molar-refractivity contribution is 0.327. The van der Waals surface area contributed by atoms with Crippen LogP contribution in [0.15, 0.2) is 53.3 Å². The largest absolute Gasteiger partial charge is 0.467 e. The molecule has 3 aromatic rings. The number of aromatic nitrogens is 3. The molecule has 0 saturated carbocycles. The van der Waals surface area contributed by atoms with E-state index in [1.54, 1.807) is 12.5 Å². The molecule has 1 saturated heterocycles. The summed E-state index contributed by atoms with van der Waals surface area (Å²) in [4.78, 5) is 16.4. The van der Waals surface area contributed by atoms with Gasteiger partial charge >= 0.3 is 0 Å². The molecule has 1 aliphatic heterocycles. The molecule has 0 spiro atoms. The van der Waals surface area contributed by atoms with E-state index in [4.69, 9.17) is 14.4 Å². The molecule has 5 nitrogen and oxygen atoms in total. The minimum atomic E-state index is 0.213. The van der Waals surface area contributed by atoms with Crippen molar-refractivity contribution in [1.82, 2.24) is 15.0 Å². The van der Waals surface area contributed by atoms with Crippen LogP contribution in [0.5, 0.6) is 0 Å². The molecular weight excluding hydrogens is 324 g/mol. The summed E-state index contributed by atoms with van der Waals surface area (Å²) in [5.41, 5.74) is 1.84. The van der Waals surface area contributed by atoms with Crippen molar-refractivity contribution in [1.29, 1.82) is 0 Å². The van der Waals surface area contributed by atoms with E-state index >= 15 is 0 Å². The molecular formula is C21H24N4O. The third kappa shape index (κ3) is 3.34. The first-order chi connectivity index (χ1) is 12.7. The second-order valence-corrected chi connectivity index (χ2v) is 6.96. The van der Waals surface area contributed by atoms with Gasteiger partial charge in [0.1, 0.15) is 17.3 Å². The SMILES string of the molecule is CCc1cc(N2CCC(C)CC2c2ccco2)nc(-c2ccccn2)n1. The fourth-order valence-electron chi connectivity index (χ4n) is 3.59. The van der Waals surface area contributed by atoms with Gasteiger partial charge in [0, 0.05) is 24.5 Å². The highest BCUT2D eigenvalue weighted by Gasteiger charge is 2.31. The molecule has 0 bridgehead atoms. The summed E-state index contributed by atoms with van der Waals surface area (Å²) in [6.45, 7) is 5.40. The first kappa shape index (κ1) is 16.8. The van der Waals surface area contributed by atoms with Crippen molar-refractivity contribution >= 4 is 5.82 Å². The Bertz CT molecular complexity index is 848. The lowest BCUT2D eigenvalue weighted by Gasteiger charge is -2.38. The van der Waals surface area contributed by atoms with Crippen LogP contribution in [0.1, 0.15) is 44.2 Å². The van der Waals surface area contributed by atoms with E-state index in [0.29, 0.717) is 11.7 Å². The Morgan fingerprint density at radius 1 is 1.19 bits per heavy atom. The standard InChI is InChI=1S/C21H24N4O/c1-3-16-14-20(24-21(23-16)17-7-4-5-10-22-17)25-11-9-15(2)13-18(25)19-8-6-12-26-19/h4-8,10,12,14-15,18H,3,9,11,13H2,1-2H3. The maximum atomic E-state index is 5.75. The molecule has 26 heavy (non-hydrogen) atoms. The average Bonchev–Trinajstić information content (AvgIpc) is 3.23. The molecule has 1 aliphatic rings. The Hall–Kier alpha value is -2.69. The zero-order valence-electron chi connectivity index (χ0n) is 15.3. The summed E-state index contributed by atoms with van der Waals surface area (Å²) < 4.78 is 5.75. The molecule has 3 aromatic heterocycles. The van der Waals surface area contributed by atoms with Gasteiger partial charge in [-0.3, -0.25) is 4.98 Å². The van der Waals surface area contributed by atoms with Gasteiger partial charge in [0.15, 0.2) is 5.82 Å². The highest BCUT2D eigenvalue weighted by atomic mass is 16.3. The van der Waals surface area contributed by atoms with E-state index in [2.05, 4.69) is 35.9 Å². The Labute approximate surface area is 154 Å². The molecule has 0 radical (unpaired) electrons. The van der Waals surface area contributed by atoms with E-state index in [0.717, 1.165) is 48.8 Å². The zero-order valence-corrected chi connectivity index (χ0v) is 15.3. The summed E-state index contributed by atoms with van der Waals surface area (Å²) in [5, 5.41) is 0. The second-order valence-electron chi connectivity index (χ2n) is 6.96. The molecule has 4 heterocycles. The van der Waals surface area contributed by atoms with Gasteiger partial charge in [0.05, 0.1) is 12.3 Å². The van der Waals surface area contributed by atoms with Crippen molar-refractivity contribution in [3.63, 3.8) is 0 Å². The second kappa shape index (κ2) is 7.28. The topological polar surface area (TPSA) is 55.1 Å². The van der Waals surface area contributed by atoms with Gasteiger partial charge in [-0.1, -0.05) is 19.9 Å². The molecule has 4 rings (SSSR count). The van der Waals surface area contributed by atoms with Gasteiger partial charge in [0.2, 0.25) is 0 Å². The van der Waals surface area contributed by atoms with E-state index < -0.39 is 0 Å². The molecule has 2 unspecified atom stereocenters. The van der Waals surface area contributed by atoms with Crippen molar-refractivity contribution < 1.29 is 4.42 Å².